The fourth-order valence-corrected chi connectivity index (χ4v) is 12.7. The number of amides is 3. The number of alkyl halides is 1. The van der Waals surface area contributed by atoms with Gasteiger partial charge in [0.25, 0.3) is 0 Å². The zero-order valence-corrected chi connectivity index (χ0v) is 35.7. The molecule has 3 amide bonds. The summed E-state index contributed by atoms with van der Waals surface area (Å²) in [6.07, 6.45) is 6.40. The molecule has 1 saturated heterocycles. The van der Waals surface area contributed by atoms with Crippen molar-refractivity contribution in [1.29, 1.82) is 0 Å². The van der Waals surface area contributed by atoms with Crippen LogP contribution < -0.4 is 20.7 Å². The van der Waals surface area contributed by atoms with Crippen LogP contribution in [0.15, 0.2) is 42.0 Å². The van der Waals surface area contributed by atoms with E-state index in [0.717, 1.165) is 12.0 Å². The fourth-order valence-electron chi connectivity index (χ4n) is 12.5. The van der Waals surface area contributed by atoms with E-state index in [2.05, 4.69) is 38.8 Å². The van der Waals surface area contributed by atoms with Gasteiger partial charge < -0.3 is 45.5 Å². The van der Waals surface area contributed by atoms with Gasteiger partial charge in [0, 0.05) is 40.8 Å². The van der Waals surface area contributed by atoms with Gasteiger partial charge in [-0.1, -0.05) is 41.4 Å². The minimum Gasteiger partial charge on any atom is -0.490 e. The monoisotopic (exact) mass is 913 g/mol. The molecule has 10 atom stereocenters. The van der Waals surface area contributed by atoms with Crippen molar-refractivity contribution in [1.82, 2.24) is 16.0 Å². The van der Waals surface area contributed by atoms with Crippen LogP contribution in [-0.4, -0.2) is 105 Å². The second-order valence-electron chi connectivity index (χ2n) is 18.7. The SMILES string of the molecule is C[C@]12C=CC(=O)C=C1CC[C@@H]1[C@@H]2[C@@H](O)C[C@@]2(C)[C@H]1C[C@H]1O[C@@H](c3ccc(OC4CC5(CC(NC(=O)[C@H](CCC(=O)O)NC(=O)CNC(=O)CBr)C5)C4)cc3F)O[C@]12C(=O)CO. The number of Topliss-reactive ketones (excluding diaryl/α,β-unsaturated/α-hetero) is 1. The summed E-state index contributed by atoms with van der Waals surface area (Å²) in [6.45, 7) is 2.84. The zero-order valence-electron chi connectivity index (χ0n) is 34.1. The molecule has 61 heavy (non-hydrogen) atoms. The summed E-state index contributed by atoms with van der Waals surface area (Å²) in [6, 6.07) is 3.14. The van der Waals surface area contributed by atoms with E-state index in [1.165, 1.54) is 12.1 Å². The number of aliphatic hydroxyl groups excluding tert-OH is 2. The highest BCUT2D eigenvalue weighted by atomic mass is 79.9. The molecule has 5 saturated carbocycles. The summed E-state index contributed by atoms with van der Waals surface area (Å²) in [5.74, 6) is -3.89. The molecule has 0 aromatic heterocycles. The number of ether oxygens (including phenoxy) is 3. The standard InChI is InChI=1S/C44H53BrFN3O12/c1-41-10-9-24(51)11-22(41)3-5-27-29-13-34-44(33(53)21-50,42(29,2)18-32(52)38(27)41)61-40(60-34)28-6-4-25(12-30(28)46)59-26-16-43(17-26)14-23(15-43)48-39(58)31(7-8-37(56)57)49-36(55)20-47-35(54)19-45/h4,6,9-12,23,26-27,29,31-32,34,38,40,50,52H,3,5,7-8,13-21H2,1-2H3,(H,47,54)(H,48,58)(H,49,55)(H,56,57)/t23?,26?,27-,29-,31-,32-,34+,38+,40+,41-,42-,43?,44+/m0/s1. The first-order valence-corrected chi connectivity index (χ1v) is 22.3. The van der Waals surface area contributed by atoms with Gasteiger partial charge in [-0.25, -0.2) is 4.39 Å². The number of aliphatic carboxylic acids is 1. The number of allylic oxidation sites excluding steroid dienone is 4. The third-order valence-corrected chi connectivity index (χ3v) is 15.7. The summed E-state index contributed by atoms with van der Waals surface area (Å²) in [5.41, 5.74) is -2.02. The van der Waals surface area contributed by atoms with E-state index in [1.54, 1.807) is 18.2 Å². The van der Waals surface area contributed by atoms with Crippen molar-refractivity contribution >= 4 is 51.2 Å². The van der Waals surface area contributed by atoms with Crippen LogP contribution in [0.1, 0.15) is 89.9 Å². The summed E-state index contributed by atoms with van der Waals surface area (Å²) in [7, 11) is 0. The van der Waals surface area contributed by atoms with Crippen molar-refractivity contribution in [3.8, 4) is 5.75 Å². The molecular formula is C44H53BrFN3O12. The number of hydrogen-bond donors (Lipinski definition) is 6. The van der Waals surface area contributed by atoms with E-state index in [0.29, 0.717) is 44.3 Å². The maximum Gasteiger partial charge on any atom is 0.303 e. The predicted octanol–water partition coefficient (Wildman–Crippen LogP) is 3.10. The first-order chi connectivity index (χ1) is 28.9. The van der Waals surface area contributed by atoms with Gasteiger partial charge in [0.05, 0.1) is 30.2 Å². The van der Waals surface area contributed by atoms with Gasteiger partial charge in [0.15, 0.2) is 23.5 Å². The summed E-state index contributed by atoms with van der Waals surface area (Å²) in [4.78, 5) is 74.2. The molecule has 1 aromatic rings. The number of carboxylic acids is 1. The van der Waals surface area contributed by atoms with Crippen LogP contribution in [0.5, 0.6) is 5.75 Å². The first-order valence-electron chi connectivity index (χ1n) is 21.1. The lowest BCUT2D eigenvalue weighted by atomic mass is 9.46. The Bertz CT molecular complexity index is 2070. The van der Waals surface area contributed by atoms with E-state index < -0.39 is 82.9 Å². The Hall–Kier alpha value is -4.03. The minimum absolute atomic E-state index is 0.00427. The average Bonchev–Trinajstić information content (AvgIpc) is 3.68. The lowest BCUT2D eigenvalue weighted by molar-refractivity contribution is -0.201. The van der Waals surface area contributed by atoms with Crippen molar-refractivity contribution in [2.75, 3.05) is 18.5 Å². The maximum absolute atomic E-state index is 16.0. The van der Waals surface area contributed by atoms with Gasteiger partial charge >= 0.3 is 5.97 Å². The van der Waals surface area contributed by atoms with Crippen LogP contribution in [0.25, 0.3) is 0 Å². The van der Waals surface area contributed by atoms with E-state index in [1.807, 2.05) is 13.0 Å². The molecule has 15 nitrogen and oxygen atoms in total. The van der Waals surface area contributed by atoms with Gasteiger partial charge in [0.1, 0.15) is 24.2 Å². The topological polar surface area (TPSA) is 227 Å². The van der Waals surface area contributed by atoms with Gasteiger partial charge in [-0.15, -0.1) is 0 Å². The van der Waals surface area contributed by atoms with Crippen molar-refractivity contribution in [3.05, 3.63) is 53.4 Å². The fraction of sp³-hybridized carbons (Fsp3) is 0.636. The smallest absolute Gasteiger partial charge is 0.303 e. The average molecular weight is 915 g/mol. The van der Waals surface area contributed by atoms with Crippen LogP contribution in [0.4, 0.5) is 4.39 Å². The molecule has 7 aliphatic rings. The normalized spacial score (nSPS) is 38.3. The highest BCUT2D eigenvalue weighted by Crippen LogP contribution is 2.70. The summed E-state index contributed by atoms with van der Waals surface area (Å²) >= 11 is 2.99. The Morgan fingerprint density at radius 1 is 1.08 bits per heavy atom. The Labute approximate surface area is 360 Å². The number of halogens is 2. The van der Waals surface area contributed by atoms with E-state index in [4.69, 9.17) is 19.3 Å². The third-order valence-electron chi connectivity index (χ3n) is 15.2. The Balaban J connectivity index is 0.869. The second-order valence-corrected chi connectivity index (χ2v) is 19.3. The number of carbonyl (C=O) groups excluding carboxylic acids is 5. The lowest BCUT2D eigenvalue weighted by Crippen LogP contribution is -2.63. The molecule has 8 rings (SSSR count). The Morgan fingerprint density at radius 3 is 2.52 bits per heavy atom. The number of ketones is 2. The van der Waals surface area contributed by atoms with Crippen molar-refractivity contribution in [3.63, 3.8) is 0 Å². The van der Waals surface area contributed by atoms with Gasteiger partial charge in [-0.3, -0.25) is 28.8 Å². The zero-order chi connectivity index (χ0) is 43.6. The number of aliphatic hydroxyl groups is 2. The van der Waals surface area contributed by atoms with Crippen molar-refractivity contribution < 1.29 is 62.7 Å². The second kappa shape index (κ2) is 16.3. The Kier molecular flexibility index (Phi) is 11.6. The lowest BCUT2D eigenvalue weighted by Gasteiger charge is -2.59. The van der Waals surface area contributed by atoms with Crippen molar-refractivity contribution in [2.24, 2.45) is 34.0 Å². The van der Waals surface area contributed by atoms with E-state index in [9.17, 15) is 39.0 Å². The minimum atomic E-state index is -1.61. The molecule has 1 spiro atoms. The van der Waals surface area contributed by atoms with Gasteiger partial charge in [-0.2, -0.15) is 0 Å². The van der Waals surface area contributed by atoms with Crippen LogP contribution in [0.3, 0.4) is 0 Å². The highest BCUT2D eigenvalue weighted by Gasteiger charge is 2.76. The predicted molar refractivity (Wildman–Crippen MR) is 216 cm³/mol. The summed E-state index contributed by atoms with van der Waals surface area (Å²) in [5, 5.41) is 39.2. The molecule has 17 heteroatoms. The van der Waals surface area contributed by atoms with Crippen LogP contribution >= 0.6 is 15.9 Å². The molecule has 0 bridgehead atoms. The number of fused-ring (bicyclic) bond motifs is 7. The number of carboxylic acid groups (broad SMARTS) is 1. The summed E-state index contributed by atoms with van der Waals surface area (Å²) < 4.78 is 35.1. The van der Waals surface area contributed by atoms with Gasteiger partial charge in [0.2, 0.25) is 17.7 Å². The molecule has 1 aliphatic heterocycles. The highest BCUT2D eigenvalue weighted by molar-refractivity contribution is 9.09. The Morgan fingerprint density at radius 2 is 1.84 bits per heavy atom. The number of rotatable bonds is 14. The number of hydrogen-bond acceptors (Lipinski definition) is 11. The quantitative estimate of drug-likeness (QED) is 0.148. The molecule has 1 heterocycles. The molecule has 6 aliphatic carbocycles. The molecule has 1 aromatic carbocycles. The molecule has 6 fully saturated rings. The maximum atomic E-state index is 16.0. The largest absolute Gasteiger partial charge is 0.490 e. The van der Waals surface area contributed by atoms with Crippen LogP contribution in [-0.2, 0) is 38.2 Å². The van der Waals surface area contributed by atoms with Crippen LogP contribution in [0, 0.1) is 39.8 Å². The number of benzene rings is 1. The van der Waals surface area contributed by atoms with E-state index >= 15 is 4.39 Å². The van der Waals surface area contributed by atoms with Gasteiger partial charge in [-0.05, 0) is 99.3 Å². The molecule has 330 valence electrons. The molecule has 6 N–H and O–H groups in total. The first kappa shape index (κ1) is 43.6. The van der Waals surface area contributed by atoms with Crippen molar-refractivity contribution in [2.45, 2.75) is 120 Å². The van der Waals surface area contributed by atoms with E-state index in [-0.39, 0.29) is 77.8 Å². The number of carbonyl (C=O) groups is 6. The molecule has 0 unspecified atom stereocenters. The van der Waals surface area contributed by atoms with Crippen LogP contribution in [0.2, 0.25) is 0 Å². The third kappa shape index (κ3) is 7.55. The number of nitrogens with one attached hydrogen (secondary N) is 3. The molecule has 0 radical (unpaired) electrons. The molecular weight excluding hydrogens is 861 g/mol.